The van der Waals surface area contributed by atoms with Crippen molar-refractivity contribution in [2.45, 2.75) is 46.1 Å². The molecule has 0 saturated heterocycles. The molecule has 2 aromatic heterocycles. The SMILES string of the molecule is [2H]C([2H])([2H])N(CCN(C([2H])([2H])[2H])C([2H])([2H])[2H])c1cc(OC)c(Nc2ncc(C(=O)OC(C)C)c(N3CC(C)(C)c4nc(C)ccc43)n2)cc1NC(=O)C=C. The van der Waals surface area contributed by atoms with E-state index in [-0.39, 0.29) is 45.0 Å². The number of methoxy groups -OCH3 is 1. The molecule has 0 unspecified atom stereocenters. The second-order valence-corrected chi connectivity index (χ2v) is 11.4. The third-order valence-corrected chi connectivity index (χ3v) is 6.93. The Labute approximate surface area is 278 Å². The molecule has 4 rings (SSSR count). The molecule has 0 aliphatic carbocycles. The first-order valence-corrected chi connectivity index (χ1v) is 14.2. The number of amides is 1. The van der Waals surface area contributed by atoms with E-state index in [0.29, 0.717) is 6.54 Å². The third-order valence-electron chi connectivity index (χ3n) is 6.93. The number of aryl methyl sites for hydroxylation is 1. The van der Waals surface area contributed by atoms with Crippen molar-refractivity contribution < 1.29 is 31.4 Å². The fraction of sp³-hybridized carbons (Fsp3) is 0.424. The predicted molar refractivity (Wildman–Crippen MR) is 179 cm³/mol. The molecule has 3 heterocycles. The predicted octanol–water partition coefficient (Wildman–Crippen LogP) is 5.05. The first kappa shape index (κ1) is 22.7. The van der Waals surface area contributed by atoms with Gasteiger partial charge in [0.25, 0.3) is 0 Å². The molecule has 2 N–H and O–H groups in total. The van der Waals surface area contributed by atoms with Gasteiger partial charge in [0, 0.05) is 62.3 Å². The van der Waals surface area contributed by atoms with E-state index in [0.717, 1.165) is 28.1 Å². The highest BCUT2D eigenvalue weighted by Gasteiger charge is 2.39. The highest BCUT2D eigenvalue weighted by atomic mass is 16.5. The molecule has 0 fully saturated rings. The van der Waals surface area contributed by atoms with E-state index in [4.69, 9.17) is 31.8 Å². The lowest BCUT2D eigenvalue weighted by molar-refractivity contribution is -0.111. The Balaban J connectivity index is 1.85. The number of benzene rings is 1. The Morgan fingerprint density at radius 3 is 2.62 bits per heavy atom. The number of hydrogen-bond acceptors (Lipinski definition) is 11. The summed E-state index contributed by atoms with van der Waals surface area (Å²) in [7, 11) is 1.31. The van der Waals surface area contributed by atoms with Crippen molar-refractivity contribution in [3.05, 3.63) is 60.1 Å². The molecule has 0 saturated carbocycles. The highest BCUT2D eigenvalue weighted by Crippen LogP contribution is 2.44. The van der Waals surface area contributed by atoms with Gasteiger partial charge in [-0.2, -0.15) is 4.98 Å². The van der Waals surface area contributed by atoms with Crippen LogP contribution in [0.4, 0.5) is 34.5 Å². The molecule has 3 aromatic rings. The number of fused-ring (bicyclic) bond motifs is 1. The van der Waals surface area contributed by atoms with Crippen LogP contribution in [0.25, 0.3) is 0 Å². The van der Waals surface area contributed by atoms with Crippen molar-refractivity contribution >= 4 is 46.4 Å². The van der Waals surface area contributed by atoms with Crippen LogP contribution in [-0.2, 0) is 14.9 Å². The average molecular weight is 626 g/mol. The lowest BCUT2D eigenvalue weighted by atomic mass is 9.91. The van der Waals surface area contributed by atoms with E-state index >= 15 is 0 Å². The molecule has 12 heteroatoms. The lowest BCUT2D eigenvalue weighted by Crippen LogP contribution is -2.29. The largest absolute Gasteiger partial charge is 0.494 e. The van der Waals surface area contributed by atoms with Crippen LogP contribution in [0.15, 0.2) is 43.1 Å². The van der Waals surface area contributed by atoms with Crippen LogP contribution < -0.4 is 25.2 Å². The van der Waals surface area contributed by atoms with Crippen molar-refractivity contribution in [1.29, 1.82) is 0 Å². The minimum Gasteiger partial charge on any atom is -0.494 e. The Morgan fingerprint density at radius 1 is 1.18 bits per heavy atom. The number of carbonyl (C=O) groups excluding carboxylic acids is 2. The van der Waals surface area contributed by atoms with E-state index in [2.05, 4.69) is 22.2 Å². The summed E-state index contributed by atoms with van der Waals surface area (Å²) in [5.74, 6) is -1.10. The minimum absolute atomic E-state index is 0.0110. The van der Waals surface area contributed by atoms with Crippen LogP contribution in [-0.4, -0.2) is 85.5 Å². The summed E-state index contributed by atoms with van der Waals surface area (Å²) >= 11 is 0. The number of anilines is 6. The van der Waals surface area contributed by atoms with Gasteiger partial charge in [0.1, 0.15) is 11.3 Å². The molecule has 0 bridgehead atoms. The number of hydrogen-bond donors (Lipinski definition) is 2. The maximum Gasteiger partial charge on any atom is 0.343 e. The topological polar surface area (TPSA) is 125 Å². The van der Waals surface area contributed by atoms with Gasteiger partial charge in [-0.05, 0) is 59.0 Å². The second-order valence-electron chi connectivity index (χ2n) is 11.4. The van der Waals surface area contributed by atoms with Gasteiger partial charge in [0.2, 0.25) is 11.9 Å². The first-order valence-electron chi connectivity index (χ1n) is 18.7. The van der Waals surface area contributed by atoms with Crippen LogP contribution in [0.1, 0.15) is 61.8 Å². The number of likely N-dealkylation sites (N-methyl/N-ethyl adjacent to an activating group) is 2. The number of esters is 1. The van der Waals surface area contributed by atoms with Gasteiger partial charge >= 0.3 is 5.97 Å². The van der Waals surface area contributed by atoms with E-state index in [1.54, 1.807) is 13.8 Å². The Bertz CT molecular complexity index is 1880. The van der Waals surface area contributed by atoms with E-state index in [1.807, 2.05) is 37.8 Å². The molecular weight excluding hydrogens is 572 g/mol. The number of pyridine rings is 1. The van der Waals surface area contributed by atoms with Gasteiger partial charge in [-0.15, -0.1) is 0 Å². The van der Waals surface area contributed by atoms with Gasteiger partial charge < -0.3 is 34.8 Å². The molecule has 1 amide bonds. The zero-order valence-electron chi connectivity index (χ0n) is 35.2. The molecular formula is C33H44N8O4. The third kappa shape index (κ3) is 7.51. The zero-order chi connectivity index (χ0) is 40.6. The van der Waals surface area contributed by atoms with Crippen molar-refractivity contribution in [2.24, 2.45) is 0 Å². The molecule has 1 aliphatic heterocycles. The Morgan fingerprint density at radius 2 is 1.96 bits per heavy atom. The van der Waals surface area contributed by atoms with Crippen LogP contribution in [0.5, 0.6) is 5.75 Å². The summed E-state index contributed by atoms with van der Waals surface area (Å²) in [6, 6.07) is 6.40. The zero-order valence-corrected chi connectivity index (χ0v) is 26.2. The molecule has 0 atom stereocenters. The van der Waals surface area contributed by atoms with Crippen molar-refractivity contribution in [1.82, 2.24) is 19.9 Å². The molecule has 240 valence electrons. The number of nitrogens with zero attached hydrogens (tertiary/aromatic N) is 6. The van der Waals surface area contributed by atoms with E-state index in [9.17, 15) is 9.59 Å². The van der Waals surface area contributed by atoms with Crippen molar-refractivity contribution in [3.8, 4) is 5.75 Å². The standard InChI is InChI=1S/C33H44N8O4/c1-11-28(42)36-23-16-24(27(44-10)17-26(23)40(9)15-14-39(7)8)37-32-34-18-22(31(43)45-20(2)3)30(38-32)41-19-33(5,6)29-25(41)13-12-21(4)35-29/h11-13,16-18,20H,1,14-15,19H2,2-10H3,(H,36,42)(H,34,37,38)/i7D3,8D3,9D3. The van der Waals surface area contributed by atoms with Crippen molar-refractivity contribution in [3.63, 3.8) is 0 Å². The summed E-state index contributed by atoms with van der Waals surface area (Å²) in [6.07, 6.45) is 1.85. The van der Waals surface area contributed by atoms with E-state index < -0.39 is 57.4 Å². The van der Waals surface area contributed by atoms with Gasteiger partial charge in [0.05, 0.1) is 41.7 Å². The van der Waals surface area contributed by atoms with E-state index in [1.165, 1.54) is 25.4 Å². The second kappa shape index (κ2) is 13.5. The summed E-state index contributed by atoms with van der Waals surface area (Å²) in [6.45, 7) is 2.86. The maximum atomic E-state index is 13.3. The number of carbonyl (C=O) groups is 2. The quantitative estimate of drug-likeness (QED) is 0.208. The molecule has 45 heavy (non-hydrogen) atoms. The summed E-state index contributed by atoms with van der Waals surface area (Å²) in [5, 5.41) is 5.60. The monoisotopic (exact) mass is 625 g/mol. The van der Waals surface area contributed by atoms with Crippen LogP contribution in [0.2, 0.25) is 0 Å². The summed E-state index contributed by atoms with van der Waals surface area (Å²) in [4.78, 5) is 42.7. The minimum atomic E-state index is -3.07. The fourth-order valence-corrected chi connectivity index (χ4v) is 4.85. The molecule has 1 aromatic carbocycles. The maximum absolute atomic E-state index is 13.3. The number of ether oxygens (including phenoxy) is 2. The van der Waals surface area contributed by atoms with Crippen LogP contribution >= 0.6 is 0 Å². The molecule has 12 nitrogen and oxygen atoms in total. The summed E-state index contributed by atoms with van der Waals surface area (Å²) in [5.41, 5.74) is 1.99. The lowest BCUT2D eigenvalue weighted by Gasteiger charge is -2.26. The molecule has 0 spiro atoms. The Kier molecular flexibility index (Phi) is 6.83. The molecule has 0 radical (unpaired) electrons. The Hall–Kier alpha value is -4.71. The van der Waals surface area contributed by atoms with Gasteiger partial charge in [0.15, 0.2) is 5.82 Å². The average Bonchev–Trinajstić information content (AvgIpc) is 3.30. The van der Waals surface area contributed by atoms with Gasteiger partial charge in [-0.25, -0.2) is 9.78 Å². The van der Waals surface area contributed by atoms with Crippen molar-refractivity contribution in [2.75, 3.05) is 68.1 Å². The number of rotatable bonds is 12. The van der Waals surface area contributed by atoms with Gasteiger partial charge in [-0.1, -0.05) is 20.4 Å². The van der Waals surface area contributed by atoms with Crippen LogP contribution in [0.3, 0.4) is 0 Å². The van der Waals surface area contributed by atoms with Crippen LogP contribution in [0, 0.1) is 6.92 Å². The summed E-state index contributed by atoms with van der Waals surface area (Å²) < 4.78 is 82.2. The molecule has 1 aliphatic rings. The smallest absolute Gasteiger partial charge is 0.343 e. The van der Waals surface area contributed by atoms with Gasteiger partial charge in [-0.3, -0.25) is 9.78 Å². The number of nitrogens with one attached hydrogen (secondary N) is 2. The fourth-order valence-electron chi connectivity index (χ4n) is 4.85. The highest BCUT2D eigenvalue weighted by molar-refractivity contribution is 6.02. The normalized spacial score (nSPS) is 17.2. The first-order chi connectivity index (χ1) is 24.9. The number of aromatic nitrogens is 3.